The van der Waals surface area contributed by atoms with Crippen molar-refractivity contribution in [3.05, 3.63) is 53.6 Å². The van der Waals surface area contributed by atoms with Gasteiger partial charge < -0.3 is 5.11 Å². The fraction of sp³-hybridized carbons (Fsp3) is 0.143. The number of aryl methyl sites for hydroxylation is 1. The third-order valence-electron chi connectivity index (χ3n) is 2.70. The van der Waals surface area contributed by atoms with Crippen LogP contribution >= 0.6 is 0 Å². The van der Waals surface area contributed by atoms with Gasteiger partial charge in [-0.05, 0) is 41.8 Å². The Labute approximate surface area is 98.3 Å². The standard InChI is InChI=1S/C14H12F2O/c1-2-9-7-10(3-6-14(9)17)12-5-4-11(15)8-13(12)16/h3-8,17H,2H2,1H3. The monoisotopic (exact) mass is 234 g/mol. The van der Waals surface area contributed by atoms with Gasteiger partial charge in [0, 0.05) is 11.6 Å². The molecule has 0 spiro atoms. The highest BCUT2D eigenvalue weighted by atomic mass is 19.1. The molecule has 17 heavy (non-hydrogen) atoms. The van der Waals surface area contributed by atoms with Crippen LogP contribution in [0.3, 0.4) is 0 Å². The molecule has 3 heteroatoms. The van der Waals surface area contributed by atoms with Gasteiger partial charge in [0.05, 0.1) is 0 Å². The van der Waals surface area contributed by atoms with E-state index < -0.39 is 11.6 Å². The quantitative estimate of drug-likeness (QED) is 0.835. The fourth-order valence-electron chi connectivity index (χ4n) is 1.76. The van der Waals surface area contributed by atoms with E-state index in [1.165, 1.54) is 18.2 Å². The Morgan fingerprint density at radius 3 is 2.47 bits per heavy atom. The number of hydrogen-bond donors (Lipinski definition) is 1. The van der Waals surface area contributed by atoms with Crippen molar-refractivity contribution in [3.63, 3.8) is 0 Å². The molecule has 0 saturated heterocycles. The molecule has 2 rings (SSSR count). The molecule has 2 aromatic rings. The van der Waals surface area contributed by atoms with Crippen LogP contribution in [0.4, 0.5) is 8.78 Å². The van der Waals surface area contributed by atoms with Crippen LogP contribution in [0.2, 0.25) is 0 Å². The lowest BCUT2D eigenvalue weighted by atomic mass is 10.0. The van der Waals surface area contributed by atoms with E-state index in [1.54, 1.807) is 12.1 Å². The summed E-state index contributed by atoms with van der Waals surface area (Å²) in [7, 11) is 0. The Morgan fingerprint density at radius 1 is 1.06 bits per heavy atom. The van der Waals surface area contributed by atoms with Gasteiger partial charge in [-0.2, -0.15) is 0 Å². The van der Waals surface area contributed by atoms with Crippen molar-refractivity contribution in [1.29, 1.82) is 0 Å². The van der Waals surface area contributed by atoms with Crippen molar-refractivity contribution in [3.8, 4) is 16.9 Å². The molecule has 88 valence electrons. The predicted molar refractivity (Wildman–Crippen MR) is 62.8 cm³/mol. The Kier molecular flexibility index (Phi) is 3.09. The molecule has 0 bridgehead atoms. The molecule has 0 fully saturated rings. The lowest BCUT2D eigenvalue weighted by Crippen LogP contribution is -1.88. The van der Waals surface area contributed by atoms with E-state index in [0.29, 0.717) is 17.5 Å². The third kappa shape index (κ3) is 2.28. The predicted octanol–water partition coefficient (Wildman–Crippen LogP) is 3.90. The molecule has 0 atom stereocenters. The second kappa shape index (κ2) is 4.53. The first-order valence-corrected chi connectivity index (χ1v) is 5.39. The Morgan fingerprint density at radius 2 is 1.82 bits per heavy atom. The molecule has 0 radical (unpaired) electrons. The van der Waals surface area contributed by atoms with Gasteiger partial charge in [0.2, 0.25) is 0 Å². The number of halogens is 2. The number of phenolic OH excluding ortho intramolecular Hbond substituents is 1. The van der Waals surface area contributed by atoms with Crippen LogP contribution in [0.1, 0.15) is 12.5 Å². The zero-order valence-electron chi connectivity index (χ0n) is 9.37. The molecule has 0 aliphatic heterocycles. The van der Waals surface area contributed by atoms with Gasteiger partial charge in [-0.1, -0.05) is 13.0 Å². The van der Waals surface area contributed by atoms with Crippen molar-refractivity contribution in [2.24, 2.45) is 0 Å². The number of aromatic hydroxyl groups is 1. The van der Waals surface area contributed by atoms with Crippen molar-refractivity contribution in [1.82, 2.24) is 0 Å². The second-order valence-corrected chi connectivity index (χ2v) is 3.82. The Hall–Kier alpha value is -1.90. The lowest BCUT2D eigenvalue weighted by molar-refractivity contribution is 0.469. The zero-order valence-corrected chi connectivity index (χ0v) is 9.37. The first-order chi connectivity index (χ1) is 8.11. The topological polar surface area (TPSA) is 20.2 Å². The fourth-order valence-corrected chi connectivity index (χ4v) is 1.76. The second-order valence-electron chi connectivity index (χ2n) is 3.82. The third-order valence-corrected chi connectivity index (χ3v) is 2.70. The smallest absolute Gasteiger partial charge is 0.133 e. The molecule has 1 nitrogen and oxygen atoms in total. The maximum atomic E-state index is 13.6. The zero-order chi connectivity index (χ0) is 12.4. The van der Waals surface area contributed by atoms with Crippen LogP contribution in [0, 0.1) is 11.6 Å². The molecule has 0 heterocycles. The molecule has 0 unspecified atom stereocenters. The first kappa shape index (κ1) is 11.6. The summed E-state index contributed by atoms with van der Waals surface area (Å²) in [5.41, 5.74) is 1.71. The maximum absolute atomic E-state index is 13.6. The Bertz CT molecular complexity index is 550. The summed E-state index contributed by atoms with van der Waals surface area (Å²) >= 11 is 0. The normalized spacial score (nSPS) is 10.5. The SMILES string of the molecule is CCc1cc(-c2ccc(F)cc2F)ccc1O. The van der Waals surface area contributed by atoms with Crippen LogP contribution in [0.5, 0.6) is 5.75 Å². The highest BCUT2D eigenvalue weighted by Gasteiger charge is 2.08. The summed E-state index contributed by atoms with van der Waals surface area (Å²) in [6, 6.07) is 8.33. The number of rotatable bonds is 2. The molecule has 0 amide bonds. The van der Waals surface area contributed by atoms with Crippen LogP contribution in [-0.4, -0.2) is 5.11 Å². The summed E-state index contributed by atoms with van der Waals surface area (Å²) in [4.78, 5) is 0. The van der Waals surface area contributed by atoms with Gasteiger partial charge in [-0.15, -0.1) is 0 Å². The average molecular weight is 234 g/mol. The molecule has 1 N–H and O–H groups in total. The minimum absolute atomic E-state index is 0.193. The van der Waals surface area contributed by atoms with E-state index in [2.05, 4.69) is 0 Å². The van der Waals surface area contributed by atoms with Crippen LogP contribution in [-0.2, 0) is 6.42 Å². The van der Waals surface area contributed by atoms with Crippen LogP contribution < -0.4 is 0 Å². The highest BCUT2D eigenvalue weighted by molar-refractivity contribution is 5.66. The number of phenols is 1. The largest absolute Gasteiger partial charge is 0.508 e. The van der Waals surface area contributed by atoms with Crippen LogP contribution in [0.15, 0.2) is 36.4 Å². The van der Waals surface area contributed by atoms with Gasteiger partial charge in [-0.3, -0.25) is 0 Å². The molecular formula is C14H12F2O. The maximum Gasteiger partial charge on any atom is 0.133 e. The minimum atomic E-state index is -0.599. The molecule has 0 aliphatic carbocycles. The van der Waals surface area contributed by atoms with E-state index in [1.807, 2.05) is 6.92 Å². The summed E-state index contributed by atoms with van der Waals surface area (Å²) in [5.74, 6) is -1.00. The van der Waals surface area contributed by atoms with Gasteiger partial charge in [0.25, 0.3) is 0 Å². The van der Waals surface area contributed by atoms with Gasteiger partial charge in [-0.25, -0.2) is 8.78 Å². The summed E-state index contributed by atoms with van der Waals surface area (Å²) in [5, 5.41) is 9.54. The number of hydrogen-bond acceptors (Lipinski definition) is 1. The first-order valence-electron chi connectivity index (χ1n) is 5.39. The van der Waals surface area contributed by atoms with Crippen molar-refractivity contribution in [2.45, 2.75) is 13.3 Å². The van der Waals surface area contributed by atoms with Crippen LogP contribution in [0.25, 0.3) is 11.1 Å². The summed E-state index contributed by atoms with van der Waals surface area (Å²) in [6.07, 6.45) is 0.655. The highest BCUT2D eigenvalue weighted by Crippen LogP contribution is 2.28. The van der Waals surface area contributed by atoms with E-state index in [0.717, 1.165) is 11.6 Å². The Balaban J connectivity index is 2.53. The van der Waals surface area contributed by atoms with E-state index >= 15 is 0 Å². The lowest BCUT2D eigenvalue weighted by Gasteiger charge is -2.07. The molecule has 0 aromatic heterocycles. The molecule has 0 saturated carbocycles. The van der Waals surface area contributed by atoms with Crippen molar-refractivity contribution < 1.29 is 13.9 Å². The molecular weight excluding hydrogens is 222 g/mol. The van der Waals surface area contributed by atoms with Crippen molar-refractivity contribution in [2.75, 3.05) is 0 Å². The van der Waals surface area contributed by atoms with Crippen molar-refractivity contribution >= 4 is 0 Å². The number of benzene rings is 2. The van der Waals surface area contributed by atoms with E-state index in [4.69, 9.17) is 0 Å². The summed E-state index contributed by atoms with van der Waals surface area (Å²) < 4.78 is 26.4. The van der Waals surface area contributed by atoms with E-state index in [-0.39, 0.29) is 5.75 Å². The molecule has 0 aliphatic rings. The van der Waals surface area contributed by atoms with Gasteiger partial charge >= 0.3 is 0 Å². The average Bonchev–Trinajstić information content (AvgIpc) is 2.30. The minimum Gasteiger partial charge on any atom is -0.508 e. The summed E-state index contributed by atoms with van der Waals surface area (Å²) in [6.45, 7) is 1.90. The van der Waals surface area contributed by atoms with E-state index in [9.17, 15) is 13.9 Å². The molecule has 2 aromatic carbocycles. The van der Waals surface area contributed by atoms with Gasteiger partial charge in [0.1, 0.15) is 17.4 Å². The van der Waals surface area contributed by atoms with Gasteiger partial charge in [0.15, 0.2) is 0 Å².